The monoisotopic (exact) mass is 285 g/mol. The molecule has 0 aromatic rings. The molecule has 3 N–H and O–H groups in total. The van der Waals surface area contributed by atoms with E-state index in [1.807, 2.05) is 46.3 Å². The van der Waals surface area contributed by atoms with Crippen molar-refractivity contribution in [2.75, 3.05) is 20.6 Å². The van der Waals surface area contributed by atoms with Gasteiger partial charge in [0.25, 0.3) is 0 Å². The van der Waals surface area contributed by atoms with Gasteiger partial charge >= 0.3 is 0 Å². The second-order valence-corrected chi connectivity index (χ2v) is 4.53. The molecule has 0 fully saturated rings. The molecule has 0 amide bonds. The van der Waals surface area contributed by atoms with E-state index in [2.05, 4.69) is 42.1 Å². The predicted octanol–water partition coefficient (Wildman–Crippen LogP) is 3.05. The summed E-state index contributed by atoms with van der Waals surface area (Å²) in [5.74, 6) is 5.61. The average molecular weight is 285 g/mol. The summed E-state index contributed by atoms with van der Waals surface area (Å²) in [6.45, 7) is 10.8. The first-order valence-electron chi connectivity index (χ1n) is 7.21. The largest absolute Gasteiger partial charge is 0.394 e. The van der Waals surface area contributed by atoms with Gasteiger partial charge in [0.05, 0.1) is 6.54 Å². The number of rotatable bonds is 6. The molecule has 0 aromatic heterocycles. The molecule has 0 bridgehead atoms. The third kappa shape index (κ3) is 6.29. The molecule has 0 heterocycles. The van der Waals surface area contributed by atoms with Gasteiger partial charge in [0.15, 0.2) is 0 Å². The van der Waals surface area contributed by atoms with Crippen LogP contribution in [-0.2, 0) is 0 Å². The van der Waals surface area contributed by atoms with Gasteiger partial charge in [-0.25, -0.2) is 0 Å². The fourth-order valence-electron chi connectivity index (χ4n) is 1.57. The van der Waals surface area contributed by atoms with E-state index in [1.165, 1.54) is 5.57 Å². The minimum atomic E-state index is -0.0669. The zero-order valence-corrected chi connectivity index (χ0v) is 13.8. The van der Waals surface area contributed by atoms with Crippen LogP contribution in [0.2, 0.25) is 0 Å². The van der Waals surface area contributed by atoms with Crippen LogP contribution in [0.25, 0.3) is 0 Å². The van der Waals surface area contributed by atoms with Gasteiger partial charge in [-0.3, -0.25) is 5.41 Å². The molecule has 0 saturated heterocycles. The highest BCUT2D eigenvalue weighted by molar-refractivity contribution is 6.06. The van der Waals surface area contributed by atoms with Gasteiger partial charge in [-0.05, 0) is 49.4 Å². The Morgan fingerprint density at radius 2 is 2.05 bits per heavy atom. The molecule has 1 aliphatic carbocycles. The maximum Gasteiger partial charge on any atom is 0.104 e. The van der Waals surface area contributed by atoms with E-state index in [0.717, 1.165) is 5.57 Å². The SMILES string of the molecule is C=C(/C=C\C(=N)C#CCNC)C1(C)C=C1/C=C\NC.CC. The molecular formula is C18H27N3. The maximum absolute atomic E-state index is 7.68. The van der Waals surface area contributed by atoms with Gasteiger partial charge < -0.3 is 10.6 Å². The van der Waals surface area contributed by atoms with E-state index in [1.54, 1.807) is 6.08 Å². The van der Waals surface area contributed by atoms with Crippen molar-refractivity contribution in [3.8, 4) is 11.8 Å². The first-order chi connectivity index (χ1) is 10.0. The highest BCUT2D eigenvalue weighted by Gasteiger charge is 2.38. The first-order valence-corrected chi connectivity index (χ1v) is 7.21. The Morgan fingerprint density at radius 3 is 2.62 bits per heavy atom. The Morgan fingerprint density at radius 1 is 1.38 bits per heavy atom. The Balaban J connectivity index is 0.00000191. The normalized spacial score (nSPS) is 19.2. The fraction of sp³-hybridized carbons (Fsp3) is 0.389. The van der Waals surface area contributed by atoms with Crippen LogP contribution in [0, 0.1) is 22.7 Å². The van der Waals surface area contributed by atoms with Crippen molar-refractivity contribution in [1.82, 2.24) is 10.6 Å². The van der Waals surface area contributed by atoms with Crippen molar-refractivity contribution >= 4 is 5.71 Å². The standard InChI is InChI=1S/C16H21N3.C2H6/c1-13(7-8-15(17)6-5-10-18-3)16(2)12-14(16)9-11-19-4;1-2/h7-9,11-12,17-19H,1,10H2,2-4H3;1-2H3/b8-7-,11-9-,17-15?;. The van der Waals surface area contributed by atoms with Crippen LogP contribution in [0.4, 0.5) is 0 Å². The molecular weight excluding hydrogens is 258 g/mol. The predicted molar refractivity (Wildman–Crippen MR) is 93.4 cm³/mol. The van der Waals surface area contributed by atoms with Crippen molar-refractivity contribution < 1.29 is 0 Å². The van der Waals surface area contributed by atoms with E-state index < -0.39 is 0 Å². The molecule has 1 atom stereocenters. The first kappa shape index (κ1) is 18.9. The molecule has 1 rings (SSSR count). The molecule has 0 spiro atoms. The lowest BCUT2D eigenvalue weighted by Gasteiger charge is -2.11. The lowest BCUT2D eigenvalue weighted by Crippen LogP contribution is -2.05. The summed E-state index contributed by atoms with van der Waals surface area (Å²) in [5.41, 5.74) is 2.45. The summed E-state index contributed by atoms with van der Waals surface area (Å²) in [4.78, 5) is 0. The number of hydrogen-bond donors (Lipinski definition) is 3. The highest BCUT2D eigenvalue weighted by atomic mass is 14.8. The summed E-state index contributed by atoms with van der Waals surface area (Å²) >= 11 is 0. The molecule has 0 aliphatic heterocycles. The minimum Gasteiger partial charge on any atom is -0.394 e. The Hall–Kier alpha value is -2.05. The van der Waals surface area contributed by atoms with Crippen molar-refractivity contribution in [1.29, 1.82) is 5.41 Å². The number of nitrogens with one attached hydrogen (secondary N) is 3. The van der Waals surface area contributed by atoms with Gasteiger partial charge in [0.1, 0.15) is 5.71 Å². The lowest BCUT2D eigenvalue weighted by atomic mass is 9.93. The molecule has 1 aliphatic rings. The van der Waals surface area contributed by atoms with Crippen molar-refractivity contribution in [2.45, 2.75) is 20.8 Å². The van der Waals surface area contributed by atoms with E-state index >= 15 is 0 Å². The Bertz CT molecular complexity index is 512. The smallest absolute Gasteiger partial charge is 0.104 e. The Kier molecular flexibility index (Phi) is 8.84. The Labute approximate surface area is 129 Å². The van der Waals surface area contributed by atoms with E-state index in [-0.39, 0.29) is 5.41 Å². The summed E-state index contributed by atoms with van der Waals surface area (Å²) in [5, 5.41) is 13.6. The summed E-state index contributed by atoms with van der Waals surface area (Å²) in [6.07, 6.45) is 9.66. The highest BCUT2D eigenvalue weighted by Crippen LogP contribution is 2.50. The molecule has 114 valence electrons. The van der Waals surface area contributed by atoms with Crippen LogP contribution in [0.5, 0.6) is 0 Å². The lowest BCUT2D eigenvalue weighted by molar-refractivity contribution is 0.773. The topological polar surface area (TPSA) is 47.9 Å². The van der Waals surface area contributed by atoms with Crippen molar-refractivity contribution in [3.05, 3.63) is 48.2 Å². The minimum absolute atomic E-state index is 0.0669. The van der Waals surface area contributed by atoms with Crippen LogP contribution < -0.4 is 10.6 Å². The van der Waals surface area contributed by atoms with Crippen LogP contribution in [0.15, 0.2) is 48.2 Å². The third-order valence-electron chi connectivity index (χ3n) is 3.00. The van der Waals surface area contributed by atoms with Gasteiger partial charge in [0.2, 0.25) is 0 Å². The van der Waals surface area contributed by atoms with E-state index in [4.69, 9.17) is 5.41 Å². The number of allylic oxidation sites excluding steroid dienone is 6. The molecule has 0 aromatic carbocycles. The fourth-order valence-corrected chi connectivity index (χ4v) is 1.57. The zero-order chi connectivity index (χ0) is 16.3. The van der Waals surface area contributed by atoms with Crippen LogP contribution in [0.1, 0.15) is 20.8 Å². The number of hydrogen-bond acceptors (Lipinski definition) is 3. The molecule has 0 radical (unpaired) electrons. The van der Waals surface area contributed by atoms with Crippen molar-refractivity contribution in [3.63, 3.8) is 0 Å². The van der Waals surface area contributed by atoms with Crippen LogP contribution in [0.3, 0.4) is 0 Å². The van der Waals surface area contributed by atoms with Gasteiger partial charge in [-0.2, -0.15) is 0 Å². The maximum atomic E-state index is 7.68. The van der Waals surface area contributed by atoms with Crippen LogP contribution >= 0.6 is 0 Å². The van der Waals surface area contributed by atoms with E-state index in [9.17, 15) is 0 Å². The molecule has 21 heavy (non-hydrogen) atoms. The van der Waals surface area contributed by atoms with Gasteiger partial charge in [0, 0.05) is 12.5 Å². The van der Waals surface area contributed by atoms with Gasteiger partial charge in [-0.1, -0.05) is 38.5 Å². The second kappa shape index (κ2) is 9.79. The van der Waals surface area contributed by atoms with E-state index in [0.29, 0.717) is 12.3 Å². The molecule has 1 unspecified atom stereocenters. The second-order valence-electron chi connectivity index (χ2n) is 4.53. The zero-order valence-electron chi connectivity index (χ0n) is 13.8. The molecule has 3 nitrogen and oxygen atoms in total. The summed E-state index contributed by atoms with van der Waals surface area (Å²) in [7, 11) is 3.70. The third-order valence-corrected chi connectivity index (χ3v) is 3.00. The van der Waals surface area contributed by atoms with Crippen LogP contribution in [-0.4, -0.2) is 26.4 Å². The molecule has 3 heteroatoms. The summed E-state index contributed by atoms with van der Waals surface area (Å²) in [6, 6.07) is 0. The average Bonchev–Trinajstić information content (AvgIpc) is 3.17. The quantitative estimate of drug-likeness (QED) is 0.399. The van der Waals surface area contributed by atoms with Gasteiger partial charge in [-0.15, -0.1) is 0 Å². The van der Waals surface area contributed by atoms with Crippen molar-refractivity contribution in [2.24, 2.45) is 5.41 Å². The molecule has 0 saturated carbocycles. The summed E-state index contributed by atoms with van der Waals surface area (Å²) < 4.78 is 0.